The van der Waals surface area contributed by atoms with Gasteiger partial charge in [-0.3, -0.25) is 9.59 Å². The predicted molar refractivity (Wildman–Crippen MR) is 84.1 cm³/mol. The molecule has 5 heteroatoms. The lowest BCUT2D eigenvalue weighted by molar-refractivity contribution is 0.0522. The van der Waals surface area contributed by atoms with Gasteiger partial charge in [-0.25, -0.2) is 4.79 Å². The van der Waals surface area contributed by atoms with Gasteiger partial charge in [-0.2, -0.15) is 0 Å². The largest absolute Gasteiger partial charge is 0.462 e. The highest BCUT2D eigenvalue weighted by molar-refractivity contribution is 6.30. The van der Waals surface area contributed by atoms with E-state index in [4.69, 9.17) is 4.74 Å². The molecule has 1 aromatic carbocycles. The van der Waals surface area contributed by atoms with Gasteiger partial charge in [0.1, 0.15) is 5.69 Å². The van der Waals surface area contributed by atoms with E-state index in [0.717, 1.165) is 0 Å². The van der Waals surface area contributed by atoms with E-state index >= 15 is 0 Å². The minimum absolute atomic E-state index is 0.173. The Morgan fingerprint density at radius 1 is 1.09 bits per heavy atom. The number of ketones is 2. The predicted octanol–water partition coefficient (Wildman–Crippen LogP) is 2.77. The number of hydrogen-bond donors (Lipinski definition) is 0. The van der Waals surface area contributed by atoms with Crippen molar-refractivity contribution in [1.29, 1.82) is 0 Å². The van der Waals surface area contributed by atoms with Crippen LogP contribution in [-0.4, -0.2) is 28.7 Å². The molecular formula is C18H17NO4. The Kier molecular flexibility index (Phi) is 3.64. The second-order valence-electron chi connectivity index (χ2n) is 5.35. The molecule has 1 aromatic heterocycles. The highest BCUT2D eigenvalue weighted by Crippen LogP contribution is 2.33. The van der Waals surface area contributed by atoms with E-state index in [-0.39, 0.29) is 35.0 Å². The fourth-order valence-corrected chi connectivity index (χ4v) is 3.18. The molecule has 0 bridgehead atoms. The molecule has 0 unspecified atom stereocenters. The SMILES string of the molecule is CCOC(=O)c1c2c(n(CC)c1C)C(=O)c1ccccc1C2=O. The Labute approximate surface area is 133 Å². The van der Waals surface area contributed by atoms with Crippen LogP contribution in [0.15, 0.2) is 24.3 Å². The number of carbonyl (C=O) groups is 3. The molecule has 0 aliphatic heterocycles. The number of fused-ring (bicyclic) bond motifs is 2. The number of aromatic nitrogens is 1. The summed E-state index contributed by atoms with van der Waals surface area (Å²) >= 11 is 0. The fourth-order valence-electron chi connectivity index (χ4n) is 3.18. The number of nitrogens with zero attached hydrogens (tertiary/aromatic N) is 1. The van der Waals surface area contributed by atoms with E-state index in [0.29, 0.717) is 23.4 Å². The summed E-state index contributed by atoms with van der Waals surface area (Å²) in [5.74, 6) is -1.08. The average Bonchev–Trinajstić information content (AvgIpc) is 2.85. The molecule has 118 valence electrons. The second kappa shape index (κ2) is 5.50. The molecule has 1 heterocycles. The minimum atomic E-state index is -0.561. The van der Waals surface area contributed by atoms with E-state index in [1.807, 2.05) is 6.92 Å². The topological polar surface area (TPSA) is 65.4 Å². The van der Waals surface area contributed by atoms with E-state index in [2.05, 4.69) is 0 Å². The van der Waals surface area contributed by atoms with Crippen LogP contribution in [0.5, 0.6) is 0 Å². The summed E-state index contributed by atoms with van der Waals surface area (Å²) in [6, 6.07) is 6.70. The molecule has 0 amide bonds. The van der Waals surface area contributed by atoms with Gasteiger partial charge in [0.05, 0.1) is 17.7 Å². The first kappa shape index (κ1) is 15.2. The Morgan fingerprint density at radius 3 is 2.26 bits per heavy atom. The number of rotatable bonds is 3. The Hall–Kier alpha value is -2.69. The van der Waals surface area contributed by atoms with Gasteiger partial charge in [0.25, 0.3) is 0 Å². The van der Waals surface area contributed by atoms with Crippen molar-refractivity contribution in [2.24, 2.45) is 0 Å². The van der Waals surface area contributed by atoms with E-state index in [1.165, 1.54) is 0 Å². The minimum Gasteiger partial charge on any atom is -0.462 e. The molecule has 3 rings (SSSR count). The summed E-state index contributed by atoms with van der Waals surface area (Å²) in [4.78, 5) is 38.1. The molecule has 0 N–H and O–H groups in total. The molecule has 0 saturated carbocycles. The average molecular weight is 311 g/mol. The van der Waals surface area contributed by atoms with Crippen LogP contribution >= 0.6 is 0 Å². The van der Waals surface area contributed by atoms with Crippen LogP contribution in [0.25, 0.3) is 0 Å². The Balaban J connectivity index is 2.34. The van der Waals surface area contributed by atoms with E-state index in [9.17, 15) is 14.4 Å². The lowest BCUT2D eigenvalue weighted by Crippen LogP contribution is -2.24. The lowest BCUT2D eigenvalue weighted by Gasteiger charge is -2.16. The van der Waals surface area contributed by atoms with Gasteiger partial charge in [-0.1, -0.05) is 24.3 Å². The third-order valence-corrected chi connectivity index (χ3v) is 4.18. The molecule has 0 radical (unpaired) electrons. The first-order valence-electron chi connectivity index (χ1n) is 7.61. The maximum absolute atomic E-state index is 12.9. The van der Waals surface area contributed by atoms with Crippen molar-refractivity contribution in [3.8, 4) is 0 Å². The Morgan fingerprint density at radius 2 is 1.70 bits per heavy atom. The molecule has 0 spiro atoms. The number of carbonyl (C=O) groups excluding carboxylic acids is 3. The standard InChI is InChI=1S/C18H17NO4/c1-4-19-10(3)13(18(22)23-5-2)14-15(19)17(21)12-9-7-6-8-11(12)16(14)20/h6-9H,4-5H2,1-3H3. The first-order chi connectivity index (χ1) is 11.0. The smallest absolute Gasteiger partial charge is 0.340 e. The summed E-state index contributed by atoms with van der Waals surface area (Å²) in [7, 11) is 0. The van der Waals surface area contributed by atoms with Crippen LogP contribution in [0, 0.1) is 6.92 Å². The number of benzene rings is 1. The molecule has 0 atom stereocenters. The third-order valence-electron chi connectivity index (χ3n) is 4.18. The van der Waals surface area contributed by atoms with Crippen LogP contribution < -0.4 is 0 Å². The molecule has 0 fully saturated rings. The molecule has 5 nitrogen and oxygen atoms in total. The summed E-state index contributed by atoms with van der Waals surface area (Å²) < 4.78 is 6.81. The van der Waals surface area contributed by atoms with Crippen molar-refractivity contribution in [3.63, 3.8) is 0 Å². The number of esters is 1. The van der Waals surface area contributed by atoms with Crippen LogP contribution in [-0.2, 0) is 11.3 Å². The molecule has 23 heavy (non-hydrogen) atoms. The van der Waals surface area contributed by atoms with Crippen molar-refractivity contribution < 1.29 is 19.1 Å². The summed E-state index contributed by atoms with van der Waals surface area (Å²) in [5.41, 5.74) is 1.97. The highest BCUT2D eigenvalue weighted by atomic mass is 16.5. The van der Waals surface area contributed by atoms with Crippen LogP contribution in [0.4, 0.5) is 0 Å². The molecule has 1 aliphatic carbocycles. The highest BCUT2D eigenvalue weighted by Gasteiger charge is 2.38. The van der Waals surface area contributed by atoms with Gasteiger partial charge in [-0.15, -0.1) is 0 Å². The molecule has 2 aromatic rings. The van der Waals surface area contributed by atoms with Gasteiger partial charge >= 0.3 is 5.97 Å². The fraction of sp³-hybridized carbons (Fsp3) is 0.278. The van der Waals surface area contributed by atoms with Crippen molar-refractivity contribution in [2.45, 2.75) is 27.3 Å². The van der Waals surface area contributed by atoms with Crippen molar-refractivity contribution in [2.75, 3.05) is 6.61 Å². The van der Waals surface area contributed by atoms with Gasteiger partial charge in [-0.05, 0) is 20.8 Å². The zero-order chi connectivity index (χ0) is 16.7. The first-order valence-corrected chi connectivity index (χ1v) is 7.61. The number of ether oxygens (including phenoxy) is 1. The zero-order valence-electron chi connectivity index (χ0n) is 13.3. The second-order valence-corrected chi connectivity index (χ2v) is 5.35. The molecule has 0 saturated heterocycles. The molecular weight excluding hydrogens is 294 g/mol. The lowest BCUT2D eigenvalue weighted by atomic mass is 9.86. The van der Waals surface area contributed by atoms with Gasteiger partial charge in [0.15, 0.2) is 5.78 Å². The van der Waals surface area contributed by atoms with E-state index < -0.39 is 5.97 Å². The summed E-state index contributed by atoms with van der Waals surface area (Å²) in [6.07, 6.45) is 0. The van der Waals surface area contributed by atoms with Gasteiger partial charge < -0.3 is 9.30 Å². The Bertz CT molecular complexity index is 845. The van der Waals surface area contributed by atoms with Crippen molar-refractivity contribution in [3.05, 3.63) is 57.9 Å². The van der Waals surface area contributed by atoms with Gasteiger partial charge in [0, 0.05) is 23.4 Å². The molecule has 1 aliphatic rings. The van der Waals surface area contributed by atoms with Gasteiger partial charge in [0.2, 0.25) is 5.78 Å². The summed E-state index contributed by atoms with van der Waals surface area (Å²) in [6.45, 7) is 6.02. The maximum Gasteiger partial charge on any atom is 0.340 e. The third kappa shape index (κ3) is 2.04. The zero-order valence-corrected chi connectivity index (χ0v) is 13.3. The van der Waals surface area contributed by atoms with Crippen LogP contribution in [0.2, 0.25) is 0 Å². The van der Waals surface area contributed by atoms with Crippen molar-refractivity contribution >= 4 is 17.5 Å². The van der Waals surface area contributed by atoms with Crippen LogP contribution in [0.1, 0.15) is 61.9 Å². The quantitative estimate of drug-likeness (QED) is 0.698. The number of hydrogen-bond acceptors (Lipinski definition) is 4. The van der Waals surface area contributed by atoms with Crippen molar-refractivity contribution in [1.82, 2.24) is 4.57 Å². The monoisotopic (exact) mass is 311 g/mol. The maximum atomic E-state index is 12.9. The van der Waals surface area contributed by atoms with E-state index in [1.54, 1.807) is 42.7 Å². The van der Waals surface area contributed by atoms with Crippen LogP contribution in [0.3, 0.4) is 0 Å². The normalized spacial score (nSPS) is 12.8. The summed E-state index contributed by atoms with van der Waals surface area (Å²) in [5, 5.41) is 0.